The van der Waals surface area contributed by atoms with E-state index >= 15 is 0 Å². The van der Waals surface area contributed by atoms with Gasteiger partial charge in [0.15, 0.2) is 0 Å². The minimum absolute atomic E-state index is 0.265. The highest BCUT2D eigenvalue weighted by Gasteiger charge is 2.16. The molecule has 1 N–H and O–H groups in total. The van der Waals surface area contributed by atoms with Gasteiger partial charge in [-0.1, -0.05) is 43.6 Å². The van der Waals surface area contributed by atoms with E-state index in [0.29, 0.717) is 17.5 Å². The van der Waals surface area contributed by atoms with E-state index in [-0.39, 0.29) is 5.92 Å². The second kappa shape index (κ2) is 7.27. The average molecular weight is 306 g/mol. The SMILES string of the molecule is CCNc1ncnc(OCc2ccccc2Cl)c1C(C)C. The molecule has 0 atom stereocenters. The van der Waals surface area contributed by atoms with Crippen LogP contribution in [0.4, 0.5) is 5.82 Å². The molecule has 0 radical (unpaired) electrons. The molecule has 0 amide bonds. The highest BCUT2D eigenvalue weighted by Crippen LogP contribution is 2.30. The lowest BCUT2D eigenvalue weighted by molar-refractivity contribution is 0.289. The third kappa shape index (κ3) is 3.85. The summed E-state index contributed by atoms with van der Waals surface area (Å²) in [5.74, 6) is 1.70. The smallest absolute Gasteiger partial charge is 0.222 e. The number of nitrogens with zero attached hydrogens (tertiary/aromatic N) is 2. The zero-order valence-electron chi connectivity index (χ0n) is 12.6. The summed E-state index contributed by atoms with van der Waals surface area (Å²) in [5.41, 5.74) is 1.93. The van der Waals surface area contributed by atoms with Gasteiger partial charge in [-0.2, -0.15) is 0 Å². The van der Waals surface area contributed by atoms with Gasteiger partial charge in [-0.3, -0.25) is 0 Å². The minimum Gasteiger partial charge on any atom is -0.472 e. The standard InChI is InChI=1S/C16H20ClN3O/c1-4-18-15-14(11(2)3)16(20-10-19-15)21-9-12-7-5-6-8-13(12)17/h5-8,10-11H,4,9H2,1-3H3,(H,18,19,20). The molecule has 0 aliphatic rings. The fourth-order valence-corrected chi connectivity index (χ4v) is 2.27. The predicted octanol–water partition coefficient (Wildman–Crippen LogP) is 4.26. The van der Waals surface area contributed by atoms with Crippen molar-refractivity contribution < 1.29 is 4.74 Å². The Morgan fingerprint density at radius 1 is 1.24 bits per heavy atom. The largest absolute Gasteiger partial charge is 0.472 e. The lowest BCUT2D eigenvalue weighted by Crippen LogP contribution is -2.09. The van der Waals surface area contributed by atoms with Crippen molar-refractivity contribution in [1.29, 1.82) is 0 Å². The molecule has 2 rings (SSSR count). The first-order valence-corrected chi connectivity index (χ1v) is 7.46. The Morgan fingerprint density at radius 3 is 2.67 bits per heavy atom. The Balaban J connectivity index is 2.23. The van der Waals surface area contributed by atoms with E-state index in [2.05, 4.69) is 29.1 Å². The van der Waals surface area contributed by atoms with Crippen molar-refractivity contribution in [3.8, 4) is 5.88 Å². The van der Waals surface area contributed by atoms with Crippen molar-refractivity contribution in [3.63, 3.8) is 0 Å². The van der Waals surface area contributed by atoms with Gasteiger partial charge in [0.2, 0.25) is 5.88 Å². The first kappa shape index (κ1) is 15.6. The summed E-state index contributed by atoms with van der Waals surface area (Å²) in [6, 6.07) is 7.65. The average Bonchev–Trinajstić information content (AvgIpc) is 2.46. The molecule has 0 unspecified atom stereocenters. The van der Waals surface area contributed by atoms with Crippen LogP contribution >= 0.6 is 11.6 Å². The Labute approximate surface area is 130 Å². The van der Waals surface area contributed by atoms with E-state index < -0.39 is 0 Å². The summed E-state index contributed by atoms with van der Waals surface area (Å²) in [6.45, 7) is 7.43. The fourth-order valence-electron chi connectivity index (χ4n) is 2.08. The molecule has 2 aromatic rings. The van der Waals surface area contributed by atoms with Crippen LogP contribution in [0.25, 0.3) is 0 Å². The molecule has 5 heteroatoms. The van der Waals surface area contributed by atoms with Gasteiger partial charge < -0.3 is 10.1 Å². The lowest BCUT2D eigenvalue weighted by Gasteiger charge is -2.16. The van der Waals surface area contributed by atoms with Gasteiger partial charge in [0.05, 0.1) is 5.56 Å². The Bertz CT molecular complexity index is 602. The molecule has 0 aliphatic heterocycles. The van der Waals surface area contributed by atoms with Crippen LogP contribution < -0.4 is 10.1 Å². The van der Waals surface area contributed by atoms with Gasteiger partial charge in [-0.25, -0.2) is 9.97 Å². The number of benzene rings is 1. The molecule has 0 aliphatic carbocycles. The molecule has 1 heterocycles. The molecule has 0 bridgehead atoms. The molecular formula is C16H20ClN3O. The molecule has 1 aromatic carbocycles. The van der Waals surface area contributed by atoms with E-state index in [0.717, 1.165) is 23.5 Å². The Kier molecular flexibility index (Phi) is 5.39. The number of hydrogen-bond acceptors (Lipinski definition) is 4. The van der Waals surface area contributed by atoms with Crippen LogP contribution in [0.1, 0.15) is 37.8 Å². The summed E-state index contributed by atoms with van der Waals surface area (Å²) < 4.78 is 5.88. The van der Waals surface area contributed by atoms with Crippen molar-refractivity contribution in [3.05, 3.63) is 46.7 Å². The number of ether oxygens (including phenoxy) is 1. The zero-order valence-corrected chi connectivity index (χ0v) is 13.3. The summed E-state index contributed by atoms with van der Waals surface area (Å²) in [4.78, 5) is 8.57. The number of anilines is 1. The third-order valence-corrected chi connectivity index (χ3v) is 3.46. The van der Waals surface area contributed by atoms with E-state index in [1.807, 2.05) is 31.2 Å². The first-order valence-electron chi connectivity index (χ1n) is 7.08. The lowest BCUT2D eigenvalue weighted by atomic mass is 10.1. The summed E-state index contributed by atoms with van der Waals surface area (Å²) >= 11 is 6.15. The molecule has 112 valence electrons. The van der Waals surface area contributed by atoms with Crippen LogP contribution in [0.5, 0.6) is 5.88 Å². The van der Waals surface area contributed by atoms with Crippen molar-refractivity contribution in [2.24, 2.45) is 0 Å². The van der Waals surface area contributed by atoms with Crippen LogP contribution in [0.3, 0.4) is 0 Å². The fraction of sp³-hybridized carbons (Fsp3) is 0.375. The molecular weight excluding hydrogens is 286 g/mol. The van der Waals surface area contributed by atoms with Crippen LogP contribution in [-0.2, 0) is 6.61 Å². The van der Waals surface area contributed by atoms with E-state index in [4.69, 9.17) is 16.3 Å². The number of halogens is 1. The van der Waals surface area contributed by atoms with Crippen LogP contribution in [0, 0.1) is 0 Å². The van der Waals surface area contributed by atoms with Crippen molar-refractivity contribution in [2.75, 3.05) is 11.9 Å². The number of hydrogen-bond donors (Lipinski definition) is 1. The van der Waals surface area contributed by atoms with Crippen molar-refractivity contribution in [2.45, 2.75) is 33.3 Å². The highest BCUT2D eigenvalue weighted by molar-refractivity contribution is 6.31. The molecule has 4 nitrogen and oxygen atoms in total. The van der Waals surface area contributed by atoms with Gasteiger partial charge in [0.25, 0.3) is 0 Å². The number of aromatic nitrogens is 2. The second-order valence-corrected chi connectivity index (χ2v) is 5.41. The van der Waals surface area contributed by atoms with Gasteiger partial charge in [0.1, 0.15) is 18.8 Å². The van der Waals surface area contributed by atoms with E-state index in [1.54, 1.807) is 0 Å². The maximum Gasteiger partial charge on any atom is 0.222 e. The molecule has 0 spiro atoms. The highest BCUT2D eigenvalue weighted by atomic mass is 35.5. The first-order chi connectivity index (χ1) is 10.1. The van der Waals surface area contributed by atoms with E-state index in [1.165, 1.54) is 6.33 Å². The summed E-state index contributed by atoms with van der Waals surface area (Å²) in [5, 5.41) is 3.95. The van der Waals surface area contributed by atoms with E-state index in [9.17, 15) is 0 Å². The van der Waals surface area contributed by atoms with Crippen LogP contribution in [0.15, 0.2) is 30.6 Å². The zero-order chi connectivity index (χ0) is 15.2. The molecule has 0 saturated heterocycles. The van der Waals surface area contributed by atoms with Gasteiger partial charge >= 0.3 is 0 Å². The molecule has 0 saturated carbocycles. The number of nitrogens with one attached hydrogen (secondary N) is 1. The van der Waals surface area contributed by atoms with Gasteiger partial charge in [-0.15, -0.1) is 0 Å². The van der Waals surface area contributed by atoms with Crippen molar-refractivity contribution in [1.82, 2.24) is 9.97 Å². The molecule has 0 fully saturated rings. The Morgan fingerprint density at radius 2 is 2.00 bits per heavy atom. The molecule has 1 aromatic heterocycles. The van der Waals surface area contributed by atoms with Gasteiger partial charge in [-0.05, 0) is 18.9 Å². The summed E-state index contributed by atoms with van der Waals surface area (Å²) in [6.07, 6.45) is 1.52. The van der Waals surface area contributed by atoms with Gasteiger partial charge in [0, 0.05) is 17.1 Å². The topological polar surface area (TPSA) is 47.0 Å². The number of rotatable bonds is 6. The van der Waals surface area contributed by atoms with Crippen LogP contribution in [-0.4, -0.2) is 16.5 Å². The maximum absolute atomic E-state index is 6.15. The predicted molar refractivity (Wildman–Crippen MR) is 86.1 cm³/mol. The normalized spacial score (nSPS) is 10.7. The third-order valence-electron chi connectivity index (χ3n) is 3.09. The maximum atomic E-state index is 6.15. The molecule has 21 heavy (non-hydrogen) atoms. The second-order valence-electron chi connectivity index (χ2n) is 5.01. The Hall–Kier alpha value is -1.81. The summed E-state index contributed by atoms with van der Waals surface area (Å²) in [7, 11) is 0. The van der Waals surface area contributed by atoms with Crippen LogP contribution in [0.2, 0.25) is 5.02 Å². The monoisotopic (exact) mass is 305 g/mol. The van der Waals surface area contributed by atoms with Crippen molar-refractivity contribution >= 4 is 17.4 Å². The quantitative estimate of drug-likeness (QED) is 0.866. The minimum atomic E-state index is 0.265.